The maximum Gasteiger partial charge on any atom is 0.322 e. The number of anilines is 2. The highest BCUT2D eigenvalue weighted by Gasteiger charge is 2.29. The van der Waals surface area contributed by atoms with Crippen LogP contribution in [0.3, 0.4) is 0 Å². The predicted molar refractivity (Wildman–Crippen MR) is 76.4 cm³/mol. The maximum atomic E-state index is 11.7. The van der Waals surface area contributed by atoms with E-state index in [0.717, 1.165) is 18.5 Å². The minimum atomic E-state index is -0.335. The fraction of sp³-hybridized carbons (Fsp3) is 0.357. The monoisotopic (exact) mass is 288 g/mol. The van der Waals surface area contributed by atoms with Gasteiger partial charge in [-0.05, 0) is 37.1 Å². The lowest BCUT2D eigenvalue weighted by atomic mass is 10.3. The van der Waals surface area contributed by atoms with Crippen molar-refractivity contribution in [2.45, 2.75) is 18.8 Å². The molecule has 3 rings (SSSR count). The minimum absolute atomic E-state index is 0.111. The first kappa shape index (κ1) is 13.4. The second-order valence-electron chi connectivity index (χ2n) is 4.83. The molecule has 0 aliphatic heterocycles. The van der Waals surface area contributed by atoms with Crippen molar-refractivity contribution in [3.8, 4) is 5.75 Å². The van der Waals surface area contributed by atoms with E-state index in [1.54, 1.807) is 12.1 Å². The number of nitrogens with zero attached hydrogens (tertiary/aromatic N) is 2. The summed E-state index contributed by atoms with van der Waals surface area (Å²) in [4.78, 5) is 11.7. The van der Waals surface area contributed by atoms with Crippen molar-refractivity contribution in [1.29, 1.82) is 0 Å². The molecule has 0 radical (unpaired) electrons. The van der Waals surface area contributed by atoms with Crippen LogP contribution in [0.5, 0.6) is 5.75 Å². The van der Waals surface area contributed by atoms with Gasteiger partial charge in [-0.25, -0.2) is 0 Å². The van der Waals surface area contributed by atoms with Gasteiger partial charge in [-0.1, -0.05) is 5.10 Å². The predicted octanol–water partition coefficient (Wildman–Crippen LogP) is 2.01. The average Bonchev–Trinajstić information content (AvgIpc) is 3.26. The van der Waals surface area contributed by atoms with E-state index in [1.165, 1.54) is 0 Å². The minimum Gasteiger partial charge on any atom is -0.484 e. The summed E-state index contributed by atoms with van der Waals surface area (Å²) in [6.45, 7) is -0.111. The smallest absolute Gasteiger partial charge is 0.322 e. The van der Waals surface area contributed by atoms with Crippen molar-refractivity contribution in [1.82, 2.24) is 10.2 Å². The van der Waals surface area contributed by atoms with Crippen LogP contribution in [0.15, 0.2) is 28.7 Å². The summed E-state index contributed by atoms with van der Waals surface area (Å²) in [6, 6.07) is 7.44. The highest BCUT2D eigenvalue weighted by atomic mass is 16.5. The largest absolute Gasteiger partial charge is 0.484 e. The van der Waals surface area contributed by atoms with Gasteiger partial charge in [0, 0.05) is 18.7 Å². The third-order valence-corrected chi connectivity index (χ3v) is 3.13. The Balaban J connectivity index is 1.48. The van der Waals surface area contributed by atoms with Crippen LogP contribution in [-0.2, 0) is 4.79 Å². The number of hydrogen-bond acceptors (Lipinski definition) is 6. The molecule has 2 N–H and O–H groups in total. The summed E-state index contributed by atoms with van der Waals surface area (Å²) in [5.74, 6) is 1.24. The molecule has 1 amide bonds. The van der Waals surface area contributed by atoms with E-state index in [0.29, 0.717) is 17.6 Å². The van der Waals surface area contributed by atoms with Crippen molar-refractivity contribution in [2.75, 3.05) is 24.3 Å². The van der Waals surface area contributed by atoms with Crippen molar-refractivity contribution < 1.29 is 13.9 Å². The highest BCUT2D eigenvalue weighted by Crippen LogP contribution is 2.39. The molecular formula is C14H16N4O3. The number of nitrogens with one attached hydrogen (secondary N) is 2. The van der Waals surface area contributed by atoms with Crippen LogP contribution < -0.4 is 15.4 Å². The van der Waals surface area contributed by atoms with Crippen LogP contribution in [0.1, 0.15) is 24.7 Å². The number of carbonyl (C=O) groups is 1. The molecule has 1 aliphatic carbocycles. The lowest BCUT2D eigenvalue weighted by molar-refractivity contribution is -0.118. The van der Waals surface area contributed by atoms with Crippen molar-refractivity contribution in [3.63, 3.8) is 0 Å². The number of amides is 1. The van der Waals surface area contributed by atoms with Crippen molar-refractivity contribution >= 4 is 17.6 Å². The third-order valence-electron chi connectivity index (χ3n) is 3.13. The molecular weight excluding hydrogens is 272 g/mol. The van der Waals surface area contributed by atoms with E-state index in [1.807, 2.05) is 19.2 Å². The normalized spacial score (nSPS) is 13.8. The SMILES string of the molecule is CNc1ccc(OCC(=O)Nc2nnc(C3CC3)o2)cc1. The average molecular weight is 288 g/mol. The summed E-state index contributed by atoms with van der Waals surface area (Å²) in [5, 5.41) is 13.2. The summed E-state index contributed by atoms with van der Waals surface area (Å²) in [7, 11) is 1.84. The number of aromatic nitrogens is 2. The van der Waals surface area contributed by atoms with Crippen LogP contribution in [-0.4, -0.2) is 29.8 Å². The second kappa shape index (κ2) is 5.82. The number of rotatable bonds is 6. The van der Waals surface area contributed by atoms with Crippen LogP contribution in [0.4, 0.5) is 11.7 Å². The summed E-state index contributed by atoms with van der Waals surface area (Å²) in [5.41, 5.74) is 0.977. The second-order valence-corrected chi connectivity index (χ2v) is 4.83. The van der Waals surface area contributed by atoms with Gasteiger partial charge in [-0.3, -0.25) is 10.1 Å². The fourth-order valence-corrected chi connectivity index (χ4v) is 1.80. The zero-order valence-electron chi connectivity index (χ0n) is 11.6. The maximum absolute atomic E-state index is 11.7. The molecule has 1 fully saturated rings. The molecule has 1 aromatic heterocycles. The molecule has 1 saturated carbocycles. The Morgan fingerprint density at radius 1 is 1.33 bits per heavy atom. The van der Waals surface area contributed by atoms with E-state index < -0.39 is 0 Å². The van der Waals surface area contributed by atoms with Gasteiger partial charge in [0.1, 0.15) is 5.75 Å². The van der Waals surface area contributed by atoms with E-state index in [9.17, 15) is 4.79 Å². The van der Waals surface area contributed by atoms with E-state index in [4.69, 9.17) is 9.15 Å². The van der Waals surface area contributed by atoms with Crippen LogP contribution in [0.2, 0.25) is 0 Å². The molecule has 2 aromatic rings. The molecule has 0 atom stereocenters. The van der Waals surface area contributed by atoms with Gasteiger partial charge < -0.3 is 14.5 Å². The van der Waals surface area contributed by atoms with Gasteiger partial charge in [-0.2, -0.15) is 0 Å². The van der Waals surface area contributed by atoms with Gasteiger partial charge >= 0.3 is 6.01 Å². The first-order chi connectivity index (χ1) is 10.2. The number of ether oxygens (including phenoxy) is 1. The topological polar surface area (TPSA) is 89.3 Å². The highest BCUT2D eigenvalue weighted by molar-refractivity contribution is 5.89. The van der Waals surface area contributed by atoms with E-state index in [-0.39, 0.29) is 18.5 Å². The molecule has 1 heterocycles. The van der Waals surface area contributed by atoms with Gasteiger partial charge in [0.15, 0.2) is 6.61 Å². The first-order valence-corrected chi connectivity index (χ1v) is 6.78. The van der Waals surface area contributed by atoms with Gasteiger partial charge in [-0.15, -0.1) is 5.10 Å². The van der Waals surface area contributed by atoms with Gasteiger partial charge in [0.05, 0.1) is 0 Å². The molecule has 1 aliphatic rings. The Bertz CT molecular complexity index is 619. The Morgan fingerprint density at radius 2 is 2.10 bits per heavy atom. The Hall–Kier alpha value is -2.57. The van der Waals surface area contributed by atoms with Gasteiger partial charge in [0.25, 0.3) is 5.91 Å². The molecule has 0 saturated heterocycles. The van der Waals surface area contributed by atoms with E-state index >= 15 is 0 Å². The zero-order chi connectivity index (χ0) is 14.7. The standard InChI is InChI=1S/C14H16N4O3/c1-15-10-4-6-11(7-5-10)20-8-12(19)16-14-18-17-13(21-14)9-2-3-9/h4-7,9,15H,2-3,8H2,1H3,(H,16,18,19). The number of hydrogen-bond donors (Lipinski definition) is 2. The van der Waals surface area contributed by atoms with Crippen molar-refractivity contribution in [2.24, 2.45) is 0 Å². The Morgan fingerprint density at radius 3 is 2.76 bits per heavy atom. The molecule has 0 spiro atoms. The Labute approximate surface area is 121 Å². The molecule has 1 aromatic carbocycles. The molecule has 0 unspecified atom stereocenters. The van der Waals surface area contributed by atoms with Crippen LogP contribution >= 0.6 is 0 Å². The number of benzene rings is 1. The summed E-state index contributed by atoms with van der Waals surface area (Å²) in [6.07, 6.45) is 2.14. The lowest BCUT2D eigenvalue weighted by Gasteiger charge is -2.06. The Kier molecular flexibility index (Phi) is 3.72. The molecule has 21 heavy (non-hydrogen) atoms. The quantitative estimate of drug-likeness (QED) is 0.845. The van der Waals surface area contributed by atoms with Gasteiger partial charge in [0.2, 0.25) is 5.89 Å². The molecule has 0 bridgehead atoms. The summed E-state index contributed by atoms with van der Waals surface area (Å²) < 4.78 is 10.7. The molecule has 110 valence electrons. The third kappa shape index (κ3) is 3.50. The summed E-state index contributed by atoms with van der Waals surface area (Å²) >= 11 is 0. The van der Waals surface area contributed by atoms with E-state index in [2.05, 4.69) is 20.8 Å². The lowest BCUT2D eigenvalue weighted by Crippen LogP contribution is -2.20. The molecule has 7 heteroatoms. The molecule has 7 nitrogen and oxygen atoms in total. The number of carbonyl (C=O) groups excluding carboxylic acids is 1. The fourth-order valence-electron chi connectivity index (χ4n) is 1.80. The van der Waals surface area contributed by atoms with Crippen LogP contribution in [0.25, 0.3) is 0 Å². The first-order valence-electron chi connectivity index (χ1n) is 6.78. The van der Waals surface area contributed by atoms with Crippen LogP contribution in [0, 0.1) is 0 Å². The zero-order valence-corrected chi connectivity index (χ0v) is 11.6. The van der Waals surface area contributed by atoms with Crippen molar-refractivity contribution in [3.05, 3.63) is 30.2 Å².